The van der Waals surface area contributed by atoms with E-state index in [4.69, 9.17) is 5.26 Å². The number of nitrogens with one attached hydrogen (secondary N) is 1. The summed E-state index contributed by atoms with van der Waals surface area (Å²) in [4.78, 5) is 12.3. The zero-order valence-corrected chi connectivity index (χ0v) is 14.8. The van der Waals surface area contributed by atoms with Crippen LogP contribution in [0.3, 0.4) is 0 Å². The third-order valence-corrected chi connectivity index (χ3v) is 5.03. The Kier molecular flexibility index (Phi) is 5.91. The van der Waals surface area contributed by atoms with Crippen LogP contribution >= 0.6 is 0 Å². The average Bonchev–Trinajstić information content (AvgIpc) is 2.59. The predicted octanol–water partition coefficient (Wildman–Crippen LogP) is 2.52. The smallest absolute Gasteiger partial charge is 0.239 e. The second kappa shape index (κ2) is 7.92. The zero-order valence-electron chi connectivity index (χ0n) is 14.0. The van der Waals surface area contributed by atoms with E-state index in [2.05, 4.69) is 5.32 Å². The third kappa shape index (κ3) is 5.14. The number of anilines is 1. The van der Waals surface area contributed by atoms with Crippen molar-refractivity contribution in [3.8, 4) is 6.07 Å². The lowest BCUT2D eigenvalue weighted by Gasteiger charge is -2.26. The number of amides is 1. The monoisotopic (exact) mass is 357 g/mol. The van der Waals surface area contributed by atoms with Gasteiger partial charge in [-0.3, -0.25) is 4.79 Å². The summed E-state index contributed by atoms with van der Waals surface area (Å²) in [5.41, 5.74) is 1.79. The topological polar surface area (TPSA) is 90.3 Å². The molecule has 0 spiro atoms. The van der Waals surface area contributed by atoms with Crippen LogP contribution in [0.15, 0.2) is 54.6 Å². The van der Waals surface area contributed by atoms with Crippen molar-refractivity contribution in [2.75, 3.05) is 18.1 Å². The number of carbonyl (C=O) groups excluding carboxylic acids is 1. The molecule has 1 N–H and O–H groups in total. The van der Waals surface area contributed by atoms with Crippen LogP contribution in [0.4, 0.5) is 5.69 Å². The number of hydrogen-bond acceptors (Lipinski definition) is 4. The van der Waals surface area contributed by atoms with Crippen molar-refractivity contribution in [3.05, 3.63) is 65.7 Å². The van der Waals surface area contributed by atoms with E-state index in [0.29, 0.717) is 11.3 Å². The summed E-state index contributed by atoms with van der Waals surface area (Å²) in [5, 5.41) is 11.4. The van der Waals surface area contributed by atoms with E-state index >= 15 is 0 Å². The van der Waals surface area contributed by atoms with Gasteiger partial charge in [0.15, 0.2) is 0 Å². The van der Waals surface area contributed by atoms with Crippen molar-refractivity contribution >= 4 is 21.6 Å². The molecule has 0 aliphatic heterocycles. The zero-order chi connectivity index (χ0) is 18.4. The Morgan fingerprint density at radius 2 is 1.76 bits per heavy atom. The third-order valence-electron chi connectivity index (χ3n) is 3.74. The highest BCUT2D eigenvalue weighted by atomic mass is 32.2. The molecule has 0 radical (unpaired) electrons. The SMILES string of the molecule is CC(c1ccccc1)N(CC(=O)Nc1ccc(C#N)cc1)S(C)(=O)=O. The summed E-state index contributed by atoms with van der Waals surface area (Å²) in [6.45, 7) is 1.44. The number of sulfonamides is 1. The van der Waals surface area contributed by atoms with Crippen molar-refractivity contribution < 1.29 is 13.2 Å². The molecule has 0 aliphatic carbocycles. The summed E-state index contributed by atoms with van der Waals surface area (Å²) in [6, 6.07) is 17.0. The van der Waals surface area contributed by atoms with Crippen LogP contribution in [0.5, 0.6) is 0 Å². The molecule has 0 heterocycles. The fourth-order valence-electron chi connectivity index (χ4n) is 2.41. The van der Waals surface area contributed by atoms with Crippen LogP contribution in [0, 0.1) is 11.3 Å². The summed E-state index contributed by atoms with van der Waals surface area (Å²) < 4.78 is 25.4. The van der Waals surface area contributed by atoms with Crippen molar-refractivity contribution in [1.82, 2.24) is 4.31 Å². The highest BCUT2D eigenvalue weighted by molar-refractivity contribution is 7.88. The Bertz CT molecular complexity index is 872. The molecule has 7 heteroatoms. The van der Waals surface area contributed by atoms with Crippen LogP contribution in [0.1, 0.15) is 24.1 Å². The van der Waals surface area contributed by atoms with E-state index < -0.39 is 22.0 Å². The number of nitrogens with zero attached hydrogens (tertiary/aromatic N) is 2. The van der Waals surface area contributed by atoms with Gasteiger partial charge in [0.1, 0.15) is 0 Å². The summed E-state index contributed by atoms with van der Waals surface area (Å²) in [5.74, 6) is -0.446. The van der Waals surface area contributed by atoms with Gasteiger partial charge >= 0.3 is 0 Å². The maximum atomic E-state index is 12.3. The van der Waals surface area contributed by atoms with Crippen LogP contribution in [0.25, 0.3) is 0 Å². The van der Waals surface area contributed by atoms with Crippen LogP contribution in [0.2, 0.25) is 0 Å². The molecular weight excluding hydrogens is 338 g/mol. The molecule has 2 aromatic rings. The Morgan fingerprint density at radius 1 is 1.16 bits per heavy atom. The highest BCUT2D eigenvalue weighted by Crippen LogP contribution is 2.22. The first-order valence-corrected chi connectivity index (χ1v) is 9.48. The second-order valence-corrected chi connectivity index (χ2v) is 7.57. The molecule has 0 bridgehead atoms. The van der Waals surface area contributed by atoms with E-state index in [-0.39, 0.29) is 6.54 Å². The van der Waals surface area contributed by atoms with Gasteiger partial charge in [-0.05, 0) is 36.8 Å². The molecule has 1 atom stereocenters. The van der Waals surface area contributed by atoms with E-state index in [1.54, 1.807) is 31.2 Å². The van der Waals surface area contributed by atoms with E-state index in [1.807, 2.05) is 36.4 Å². The maximum Gasteiger partial charge on any atom is 0.239 e. The molecule has 0 saturated heterocycles. The molecule has 2 aromatic carbocycles. The van der Waals surface area contributed by atoms with E-state index in [9.17, 15) is 13.2 Å². The van der Waals surface area contributed by atoms with Gasteiger partial charge in [-0.1, -0.05) is 30.3 Å². The fourth-order valence-corrected chi connectivity index (χ4v) is 3.46. The fraction of sp³-hybridized carbons (Fsp3) is 0.222. The first-order valence-electron chi connectivity index (χ1n) is 7.63. The molecule has 25 heavy (non-hydrogen) atoms. The minimum atomic E-state index is -3.58. The van der Waals surface area contributed by atoms with Gasteiger partial charge < -0.3 is 5.32 Å². The predicted molar refractivity (Wildman–Crippen MR) is 96.2 cm³/mol. The molecule has 0 aromatic heterocycles. The largest absolute Gasteiger partial charge is 0.325 e. The minimum absolute atomic E-state index is 0.297. The molecule has 130 valence electrons. The lowest BCUT2D eigenvalue weighted by atomic mass is 10.1. The Labute approximate surface area is 147 Å². The Hall–Kier alpha value is -2.69. The molecule has 0 fully saturated rings. The first-order chi connectivity index (χ1) is 11.8. The van der Waals surface area contributed by atoms with Gasteiger partial charge in [0.2, 0.25) is 15.9 Å². The molecule has 1 amide bonds. The Morgan fingerprint density at radius 3 is 2.28 bits per heavy atom. The average molecular weight is 357 g/mol. The molecular formula is C18H19N3O3S. The molecule has 0 aliphatic rings. The number of hydrogen-bond donors (Lipinski definition) is 1. The Balaban J connectivity index is 2.14. The quantitative estimate of drug-likeness (QED) is 0.860. The van der Waals surface area contributed by atoms with Crippen molar-refractivity contribution in [2.24, 2.45) is 0 Å². The van der Waals surface area contributed by atoms with E-state index in [0.717, 1.165) is 16.1 Å². The molecule has 6 nitrogen and oxygen atoms in total. The lowest BCUT2D eigenvalue weighted by molar-refractivity contribution is -0.116. The van der Waals surface area contributed by atoms with Crippen molar-refractivity contribution in [1.29, 1.82) is 5.26 Å². The number of rotatable bonds is 6. The van der Waals surface area contributed by atoms with Gasteiger partial charge in [-0.15, -0.1) is 0 Å². The van der Waals surface area contributed by atoms with Crippen LogP contribution < -0.4 is 5.32 Å². The molecule has 1 unspecified atom stereocenters. The van der Waals surface area contributed by atoms with Crippen molar-refractivity contribution in [3.63, 3.8) is 0 Å². The molecule has 2 rings (SSSR count). The van der Waals surface area contributed by atoms with Crippen LogP contribution in [-0.4, -0.2) is 31.4 Å². The van der Waals surface area contributed by atoms with Gasteiger partial charge in [-0.25, -0.2) is 8.42 Å². The van der Waals surface area contributed by atoms with Crippen LogP contribution in [-0.2, 0) is 14.8 Å². The lowest BCUT2D eigenvalue weighted by Crippen LogP contribution is -2.39. The summed E-state index contributed by atoms with van der Waals surface area (Å²) in [7, 11) is -3.58. The number of benzene rings is 2. The van der Waals surface area contributed by atoms with Gasteiger partial charge in [-0.2, -0.15) is 9.57 Å². The summed E-state index contributed by atoms with van der Waals surface area (Å²) >= 11 is 0. The summed E-state index contributed by atoms with van der Waals surface area (Å²) in [6.07, 6.45) is 1.08. The number of nitriles is 1. The highest BCUT2D eigenvalue weighted by Gasteiger charge is 2.26. The first kappa shape index (κ1) is 18.6. The number of carbonyl (C=O) groups is 1. The second-order valence-electron chi connectivity index (χ2n) is 5.63. The van der Waals surface area contributed by atoms with Gasteiger partial charge in [0.25, 0.3) is 0 Å². The minimum Gasteiger partial charge on any atom is -0.325 e. The van der Waals surface area contributed by atoms with E-state index in [1.165, 1.54) is 0 Å². The normalized spacial score (nSPS) is 12.4. The van der Waals surface area contributed by atoms with Crippen molar-refractivity contribution in [2.45, 2.75) is 13.0 Å². The standard InChI is InChI=1S/C18H19N3O3S/c1-14(16-6-4-3-5-7-16)21(25(2,23)24)13-18(22)20-17-10-8-15(12-19)9-11-17/h3-11,14H,13H2,1-2H3,(H,20,22). The van der Waals surface area contributed by atoms with Gasteiger partial charge in [0.05, 0.1) is 24.4 Å². The molecule has 0 saturated carbocycles. The van der Waals surface area contributed by atoms with Gasteiger partial charge in [0, 0.05) is 11.7 Å². The maximum absolute atomic E-state index is 12.3.